The summed E-state index contributed by atoms with van der Waals surface area (Å²) in [5.74, 6) is 0.585. The Morgan fingerprint density at radius 2 is 1.88 bits per heavy atom. The van der Waals surface area contributed by atoms with Crippen LogP contribution in [-0.2, 0) is 37.5 Å². The summed E-state index contributed by atoms with van der Waals surface area (Å²) < 4.78 is 0. The molecule has 3 atom stereocenters. The summed E-state index contributed by atoms with van der Waals surface area (Å²) in [7, 11) is 1.81. The van der Waals surface area contributed by atoms with Crippen molar-refractivity contribution >= 4 is 0 Å². The molecular formula is C13H26NOY-. The molecule has 0 spiro atoms. The van der Waals surface area contributed by atoms with E-state index in [0.717, 1.165) is 19.3 Å². The molecule has 1 radical (unpaired) electrons. The van der Waals surface area contributed by atoms with E-state index in [0.29, 0.717) is 5.92 Å². The average molecular weight is 301 g/mol. The second-order valence-electron chi connectivity index (χ2n) is 5.27. The van der Waals surface area contributed by atoms with Gasteiger partial charge in [-0.25, -0.2) is 0 Å². The Morgan fingerprint density at radius 3 is 2.25 bits per heavy atom. The predicted molar refractivity (Wildman–Crippen MR) is 64.3 cm³/mol. The van der Waals surface area contributed by atoms with Gasteiger partial charge in [-0.05, 0) is 26.7 Å². The van der Waals surface area contributed by atoms with E-state index in [1.165, 1.54) is 0 Å². The van der Waals surface area contributed by atoms with Crippen LogP contribution in [0.2, 0.25) is 0 Å². The van der Waals surface area contributed by atoms with E-state index in [4.69, 9.17) is 4.84 Å². The molecular weight excluding hydrogens is 275 g/mol. The molecule has 1 aliphatic rings. The standard InChI is InChI=1S/C13H26NO.Y/c1-7-12(4)10-9-11(3)13(5,8-2)14(12)15-6;/h9,11H,7-8,10H2,1-6H3;/q-1;. The molecule has 93 valence electrons. The Morgan fingerprint density at radius 1 is 1.31 bits per heavy atom. The molecule has 3 unspecified atom stereocenters. The molecule has 1 saturated heterocycles. The van der Waals surface area contributed by atoms with Gasteiger partial charge in [0.2, 0.25) is 0 Å². The van der Waals surface area contributed by atoms with Crippen molar-refractivity contribution < 1.29 is 37.5 Å². The number of nitrogens with zero attached hydrogens (tertiary/aromatic N) is 1. The van der Waals surface area contributed by atoms with Crippen LogP contribution < -0.4 is 0 Å². The van der Waals surface area contributed by atoms with Crippen molar-refractivity contribution in [3.05, 3.63) is 6.42 Å². The maximum atomic E-state index is 5.69. The van der Waals surface area contributed by atoms with Gasteiger partial charge in [0.15, 0.2) is 0 Å². The molecule has 0 aromatic rings. The normalized spacial score (nSPS) is 40.5. The monoisotopic (exact) mass is 301 g/mol. The van der Waals surface area contributed by atoms with Gasteiger partial charge in [-0.3, -0.25) is 0 Å². The van der Waals surface area contributed by atoms with Crippen molar-refractivity contribution in [1.29, 1.82) is 0 Å². The van der Waals surface area contributed by atoms with Crippen molar-refractivity contribution in [3.8, 4) is 0 Å². The Bertz CT molecular complexity index is 224. The van der Waals surface area contributed by atoms with Crippen molar-refractivity contribution in [1.82, 2.24) is 5.06 Å². The minimum Gasteiger partial charge on any atom is -0.322 e. The van der Waals surface area contributed by atoms with Gasteiger partial charge in [0.1, 0.15) is 0 Å². The molecule has 1 fully saturated rings. The summed E-state index contributed by atoms with van der Waals surface area (Å²) >= 11 is 0. The second kappa shape index (κ2) is 6.27. The van der Waals surface area contributed by atoms with Gasteiger partial charge >= 0.3 is 0 Å². The number of hydroxylamine groups is 2. The zero-order chi connectivity index (χ0) is 11.7. The van der Waals surface area contributed by atoms with E-state index in [1.807, 2.05) is 0 Å². The Balaban J connectivity index is 0.00000225. The fourth-order valence-corrected chi connectivity index (χ4v) is 2.75. The Labute approximate surface area is 126 Å². The smallest absolute Gasteiger partial charge is 0.0575 e. The summed E-state index contributed by atoms with van der Waals surface area (Å²) in [5.41, 5.74) is 0.295. The minimum absolute atomic E-state index is 0. The number of hydrogen-bond acceptors (Lipinski definition) is 2. The molecule has 0 aliphatic carbocycles. The van der Waals surface area contributed by atoms with Crippen molar-refractivity contribution in [3.63, 3.8) is 0 Å². The van der Waals surface area contributed by atoms with Crippen LogP contribution in [0.1, 0.15) is 53.9 Å². The third kappa shape index (κ3) is 2.71. The van der Waals surface area contributed by atoms with Crippen LogP contribution in [0.4, 0.5) is 0 Å². The summed E-state index contributed by atoms with van der Waals surface area (Å²) in [4.78, 5) is 5.69. The first-order valence-electron chi connectivity index (χ1n) is 6.12. The van der Waals surface area contributed by atoms with Gasteiger partial charge in [-0.1, -0.05) is 20.8 Å². The van der Waals surface area contributed by atoms with Gasteiger partial charge in [0.25, 0.3) is 0 Å². The summed E-state index contributed by atoms with van der Waals surface area (Å²) in [6, 6.07) is 0. The van der Waals surface area contributed by atoms with Crippen molar-refractivity contribution in [2.24, 2.45) is 5.92 Å². The maximum absolute atomic E-state index is 5.69. The van der Waals surface area contributed by atoms with E-state index in [1.54, 1.807) is 7.11 Å². The molecule has 3 heteroatoms. The van der Waals surface area contributed by atoms with Crippen molar-refractivity contribution in [2.75, 3.05) is 7.11 Å². The first-order valence-corrected chi connectivity index (χ1v) is 6.12. The van der Waals surface area contributed by atoms with Gasteiger partial charge < -0.3 is 11.3 Å². The predicted octanol–water partition coefficient (Wildman–Crippen LogP) is 3.43. The van der Waals surface area contributed by atoms with Crippen LogP contribution in [0, 0.1) is 12.3 Å². The molecule has 1 aliphatic heterocycles. The van der Waals surface area contributed by atoms with Gasteiger partial charge in [0, 0.05) is 43.8 Å². The quantitative estimate of drug-likeness (QED) is 0.741. The summed E-state index contributed by atoms with van der Waals surface area (Å²) in [6.45, 7) is 11.4. The van der Waals surface area contributed by atoms with Crippen LogP contribution in [-0.4, -0.2) is 23.3 Å². The first-order chi connectivity index (χ1) is 6.94. The third-order valence-electron chi connectivity index (χ3n) is 4.51. The van der Waals surface area contributed by atoms with E-state index in [2.05, 4.69) is 46.1 Å². The van der Waals surface area contributed by atoms with Crippen LogP contribution in [0.5, 0.6) is 0 Å². The molecule has 1 rings (SSSR count). The fourth-order valence-electron chi connectivity index (χ4n) is 2.75. The Hall–Kier alpha value is 1.02. The van der Waals surface area contributed by atoms with E-state index in [-0.39, 0.29) is 43.8 Å². The van der Waals surface area contributed by atoms with E-state index >= 15 is 0 Å². The molecule has 0 bridgehead atoms. The summed E-state index contributed by atoms with van der Waals surface area (Å²) in [6.07, 6.45) is 5.82. The molecule has 0 aromatic heterocycles. The van der Waals surface area contributed by atoms with Crippen LogP contribution in [0.3, 0.4) is 0 Å². The van der Waals surface area contributed by atoms with Crippen LogP contribution in [0.25, 0.3) is 0 Å². The van der Waals surface area contributed by atoms with Crippen molar-refractivity contribution in [2.45, 2.75) is 65.0 Å². The zero-order valence-corrected chi connectivity index (χ0v) is 14.5. The molecule has 2 nitrogen and oxygen atoms in total. The van der Waals surface area contributed by atoms with Crippen LogP contribution in [0.15, 0.2) is 0 Å². The third-order valence-corrected chi connectivity index (χ3v) is 4.51. The fraction of sp³-hybridized carbons (Fsp3) is 0.923. The van der Waals surface area contributed by atoms with E-state index in [9.17, 15) is 0 Å². The number of rotatable bonds is 3. The molecule has 0 amide bonds. The number of piperidine rings is 1. The van der Waals surface area contributed by atoms with Gasteiger partial charge in [0.05, 0.1) is 7.11 Å². The molecule has 0 saturated carbocycles. The first kappa shape index (κ1) is 17.0. The average Bonchev–Trinajstić information content (AvgIpc) is 2.25. The number of hydrogen-bond donors (Lipinski definition) is 0. The SMILES string of the molecule is CCC1(C)C[CH-]C(C)C(C)(CC)N1OC.[Y]. The molecule has 0 N–H and O–H groups in total. The zero-order valence-electron chi connectivity index (χ0n) is 11.7. The van der Waals surface area contributed by atoms with Crippen LogP contribution >= 0.6 is 0 Å². The maximum Gasteiger partial charge on any atom is 0.0575 e. The molecule has 16 heavy (non-hydrogen) atoms. The molecule has 0 aromatic carbocycles. The largest absolute Gasteiger partial charge is 0.322 e. The second-order valence-corrected chi connectivity index (χ2v) is 5.27. The van der Waals surface area contributed by atoms with Gasteiger partial charge in [-0.15, -0.1) is 5.92 Å². The Kier molecular flexibility index (Phi) is 6.67. The minimum atomic E-state index is 0. The molecule has 1 heterocycles. The topological polar surface area (TPSA) is 12.5 Å². The van der Waals surface area contributed by atoms with E-state index < -0.39 is 0 Å². The summed E-state index contributed by atoms with van der Waals surface area (Å²) in [5, 5.41) is 2.24. The van der Waals surface area contributed by atoms with Gasteiger partial charge in [-0.2, -0.15) is 11.5 Å².